The molecule has 0 N–H and O–H groups in total. The second-order valence-corrected chi connectivity index (χ2v) is 24.3. The third-order valence-corrected chi connectivity index (χ3v) is 19.5. The molecule has 37 heavy (non-hydrogen) atoms. The largest absolute Gasteiger partial charge is 0.546 e. The molecule has 2 fully saturated rings. The summed E-state index contributed by atoms with van der Waals surface area (Å²) < 4.78 is 19.5. The van der Waals surface area contributed by atoms with E-state index in [2.05, 4.69) is 93.7 Å². The second-order valence-electron chi connectivity index (χ2n) is 14.9. The minimum absolute atomic E-state index is 0.0503. The molecule has 0 aromatic heterocycles. The van der Waals surface area contributed by atoms with Crippen LogP contribution in [0.5, 0.6) is 0 Å². The zero-order valence-corrected chi connectivity index (χ0v) is 27.4. The number of esters is 1. The van der Waals surface area contributed by atoms with E-state index in [1.807, 2.05) is 0 Å². The number of carbonyl (C=O) groups is 1. The number of hydrogen-bond acceptors (Lipinski definition) is 6. The fourth-order valence-corrected chi connectivity index (χ4v) is 9.31. The van der Waals surface area contributed by atoms with Crippen molar-refractivity contribution in [3.8, 4) is 12.1 Å². The quantitative estimate of drug-likeness (QED) is 0.257. The van der Waals surface area contributed by atoms with Crippen LogP contribution in [-0.2, 0) is 18.4 Å². The number of methoxy groups -OCH3 is 1. The smallest absolute Gasteiger partial charge is 0.314 e. The maximum atomic E-state index is 13.9. The van der Waals surface area contributed by atoms with Gasteiger partial charge < -0.3 is 13.6 Å². The number of nitrogens with zero attached hydrogens (tertiary/aromatic N) is 2. The normalized spacial score (nSPS) is 33.8. The van der Waals surface area contributed by atoms with Crippen molar-refractivity contribution in [1.29, 1.82) is 10.5 Å². The van der Waals surface area contributed by atoms with Crippen LogP contribution in [0.4, 0.5) is 0 Å². The van der Waals surface area contributed by atoms with Gasteiger partial charge in [0.2, 0.25) is 8.32 Å². The Bertz CT molecular complexity index is 1090. The molecule has 0 radical (unpaired) electrons. The SMILES string of the molecule is COC(=O)C12CCC(O[Si](C)(C)C(C)(C)C)C3(C#N)CC1C(O[Si](C)(C)C(C)(C)C)=C(C(C)C)C32C#N. The molecule has 0 heterocycles. The van der Waals surface area contributed by atoms with Crippen LogP contribution >= 0.6 is 0 Å². The zero-order valence-electron chi connectivity index (χ0n) is 25.4. The Morgan fingerprint density at radius 2 is 1.54 bits per heavy atom. The minimum atomic E-state index is -2.30. The Kier molecular flexibility index (Phi) is 7.03. The maximum Gasteiger partial charge on any atom is 0.314 e. The van der Waals surface area contributed by atoms with Gasteiger partial charge in [0.05, 0.1) is 31.1 Å². The first-order chi connectivity index (χ1) is 16.7. The first-order valence-electron chi connectivity index (χ1n) is 13.7. The molecule has 0 aromatic rings. The molecule has 5 atom stereocenters. The van der Waals surface area contributed by atoms with Crippen molar-refractivity contribution in [2.24, 2.45) is 28.1 Å². The van der Waals surface area contributed by atoms with Gasteiger partial charge in [-0.3, -0.25) is 4.79 Å². The highest BCUT2D eigenvalue weighted by atomic mass is 28.4. The number of allylic oxidation sites excluding steroid dienone is 2. The van der Waals surface area contributed by atoms with Gasteiger partial charge in [-0.25, -0.2) is 0 Å². The topological polar surface area (TPSA) is 92.3 Å². The van der Waals surface area contributed by atoms with Crippen LogP contribution < -0.4 is 0 Å². The van der Waals surface area contributed by atoms with Crippen LogP contribution in [-0.4, -0.2) is 35.8 Å². The summed E-state index contributed by atoms with van der Waals surface area (Å²) in [6.07, 6.45) is 0.949. The van der Waals surface area contributed by atoms with Gasteiger partial charge in [-0.2, -0.15) is 10.5 Å². The molecule has 3 rings (SSSR count). The fourth-order valence-electron chi connectivity index (χ4n) is 6.82. The average molecular weight is 545 g/mol. The molecule has 0 aromatic carbocycles. The summed E-state index contributed by atoms with van der Waals surface area (Å²) in [6, 6.07) is 5.30. The zero-order chi connectivity index (χ0) is 28.6. The van der Waals surface area contributed by atoms with Gasteiger partial charge in [0.25, 0.3) is 0 Å². The molecular weight excluding hydrogens is 497 g/mol. The van der Waals surface area contributed by atoms with Gasteiger partial charge in [0.1, 0.15) is 16.2 Å². The summed E-state index contributed by atoms with van der Waals surface area (Å²) in [4.78, 5) is 13.9. The van der Waals surface area contributed by atoms with Crippen molar-refractivity contribution in [1.82, 2.24) is 0 Å². The molecule has 3 aliphatic rings. The van der Waals surface area contributed by atoms with Crippen molar-refractivity contribution >= 4 is 22.6 Å². The standard InChI is InChI=1S/C29H48N2O4Si2/c1-19(2)22-23(35-37(12,13)26(6,7)8)20-16-27(17-30)21(34-36(10,11)25(3,4)5)14-15-28(20,24(32)33-9)29(22,27)18-31/h19-21H,14-16H2,1-13H3. The summed E-state index contributed by atoms with van der Waals surface area (Å²) in [5.74, 6) is -0.0618. The van der Waals surface area contributed by atoms with Crippen LogP contribution in [0.15, 0.2) is 11.3 Å². The van der Waals surface area contributed by atoms with Crippen LogP contribution in [0.1, 0.15) is 74.7 Å². The summed E-state index contributed by atoms with van der Waals surface area (Å²) in [6.45, 7) is 26.0. The third kappa shape index (κ3) is 3.65. The Morgan fingerprint density at radius 3 is 1.95 bits per heavy atom. The van der Waals surface area contributed by atoms with E-state index < -0.39 is 45.0 Å². The van der Waals surface area contributed by atoms with Gasteiger partial charge >= 0.3 is 5.97 Å². The van der Waals surface area contributed by atoms with E-state index in [0.717, 1.165) is 11.3 Å². The molecule has 0 amide bonds. The van der Waals surface area contributed by atoms with Gasteiger partial charge in [0, 0.05) is 5.92 Å². The summed E-state index contributed by atoms with van der Waals surface area (Å²) in [7, 11) is -3.18. The van der Waals surface area contributed by atoms with Crippen molar-refractivity contribution in [3.63, 3.8) is 0 Å². The highest BCUT2D eigenvalue weighted by molar-refractivity contribution is 6.74. The molecule has 2 saturated carbocycles. The Hall–Kier alpha value is -1.62. The molecule has 4 bridgehead atoms. The number of ether oxygens (including phenoxy) is 1. The lowest BCUT2D eigenvalue weighted by molar-refractivity contribution is -0.166. The Balaban J connectivity index is 2.36. The fraction of sp³-hybridized carbons (Fsp3) is 0.828. The first kappa shape index (κ1) is 29.9. The van der Waals surface area contributed by atoms with Gasteiger partial charge in [-0.15, -0.1) is 0 Å². The number of rotatable bonds is 6. The van der Waals surface area contributed by atoms with Crippen molar-refractivity contribution < 1.29 is 18.4 Å². The number of carbonyl (C=O) groups excluding carboxylic acids is 1. The third-order valence-electron chi connectivity index (χ3n) is 10.7. The van der Waals surface area contributed by atoms with E-state index in [0.29, 0.717) is 19.3 Å². The second kappa shape index (κ2) is 8.70. The Labute approximate surface area is 227 Å². The van der Waals surface area contributed by atoms with Crippen molar-refractivity contribution in [2.75, 3.05) is 7.11 Å². The van der Waals surface area contributed by atoms with E-state index in [4.69, 9.17) is 13.6 Å². The van der Waals surface area contributed by atoms with Crippen molar-refractivity contribution in [3.05, 3.63) is 11.3 Å². The molecule has 0 aliphatic heterocycles. The Morgan fingerprint density at radius 1 is 1.00 bits per heavy atom. The van der Waals surface area contributed by atoms with Crippen LogP contribution in [0.2, 0.25) is 36.3 Å². The van der Waals surface area contributed by atoms with Gasteiger partial charge in [0.15, 0.2) is 8.32 Å². The average Bonchev–Trinajstić information content (AvgIpc) is 3.08. The van der Waals surface area contributed by atoms with Crippen LogP contribution in [0.3, 0.4) is 0 Å². The number of nitriles is 2. The van der Waals surface area contributed by atoms with Gasteiger partial charge in [-0.05, 0) is 67.0 Å². The lowest BCUT2D eigenvalue weighted by atomic mass is 9.47. The maximum absolute atomic E-state index is 13.9. The summed E-state index contributed by atoms with van der Waals surface area (Å²) >= 11 is 0. The first-order valence-corrected chi connectivity index (χ1v) is 19.5. The summed E-state index contributed by atoms with van der Waals surface area (Å²) in [5.41, 5.74) is -2.82. The van der Waals surface area contributed by atoms with E-state index >= 15 is 0 Å². The van der Waals surface area contributed by atoms with E-state index in [-0.39, 0.29) is 21.9 Å². The molecule has 3 aliphatic carbocycles. The minimum Gasteiger partial charge on any atom is -0.546 e. The lowest BCUT2D eigenvalue weighted by Crippen LogP contribution is -2.61. The molecule has 206 valence electrons. The van der Waals surface area contributed by atoms with Gasteiger partial charge in [-0.1, -0.05) is 55.4 Å². The highest BCUT2D eigenvalue weighted by Crippen LogP contribution is 2.81. The van der Waals surface area contributed by atoms with Crippen LogP contribution in [0.25, 0.3) is 0 Å². The molecular formula is C29H48N2O4Si2. The number of hydrogen-bond donors (Lipinski definition) is 0. The predicted molar refractivity (Wildman–Crippen MR) is 150 cm³/mol. The van der Waals surface area contributed by atoms with E-state index in [1.165, 1.54) is 7.11 Å². The highest BCUT2D eigenvalue weighted by Gasteiger charge is 2.86. The molecule has 6 nitrogen and oxygen atoms in total. The van der Waals surface area contributed by atoms with E-state index in [1.54, 1.807) is 0 Å². The monoisotopic (exact) mass is 544 g/mol. The van der Waals surface area contributed by atoms with E-state index in [9.17, 15) is 15.3 Å². The van der Waals surface area contributed by atoms with Crippen LogP contribution in [0, 0.1) is 50.7 Å². The molecule has 5 unspecified atom stereocenters. The predicted octanol–water partition coefficient (Wildman–Crippen LogP) is 7.32. The lowest BCUT2D eigenvalue weighted by Gasteiger charge is -2.54. The molecule has 8 heteroatoms. The molecule has 0 spiro atoms. The molecule has 0 saturated heterocycles. The summed E-state index contributed by atoms with van der Waals surface area (Å²) in [5, 5.41) is 22.1. The van der Waals surface area contributed by atoms with Crippen molar-refractivity contribution in [2.45, 2.75) is 117 Å².